The fraction of sp³-hybridized carbons (Fsp3) is 0.148. The number of hydrogen-bond acceptors (Lipinski definition) is 5. The Hall–Kier alpha value is -3.77. The van der Waals surface area contributed by atoms with Gasteiger partial charge in [0.1, 0.15) is 5.75 Å². The molecule has 3 aromatic carbocycles. The van der Waals surface area contributed by atoms with Crippen molar-refractivity contribution >= 4 is 43.4 Å². The van der Waals surface area contributed by atoms with Gasteiger partial charge in [0, 0.05) is 6.20 Å². The second kappa shape index (κ2) is 8.64. The maximum Gasteiger partial charge on any atom is 0.264 e. The van der Waals surface area contributed by atoms with Crippen LogP contribution in [0.4, 0.5) is 5.13 Å². The van der Waals surface area contributed by atoms with Crippen LogP contribution in [0.25, 0.3) is 21.0 Å². The van der Waals surface area contributed by atoms with Gasteiger partial charge in [-0.3, -0.25) is 14.7 Å². The second-order valence-electron chi connectivity index (χ2n) is 7.99. The van der Waals surface area contributed by atoms with Crippen LogP contribution < -0.4 is 9.64 Å². The first-order valence-corrected chi connectivity index (χ1v) is 11.5. The number of ether oxygens (including phenoxy) is 1. The molecule has 2 heterocycles. The molecule has 0 aliphatic carbocycles. The van der Waals surface area contributed by atoms with Gasteiger partial charge < -0.3 is 4.74 Å². The molecule has 2 aromatic heterocycles. The highest BCUT2D eigenvalue weighted by Gasteiger charge is 2.26. The van der Waals surface area contributed by atoms with E-state index in [9.17, 15) is 4.79 Å². The first-order chi connectivity index (χ1) is 16.0. The number of benzene rings is 3. The molecule has 0 N–H and O–H groups in total. The Balaban J connectivity index is 1.66. The molecule has 5 rings (SSSR count). The topological polar surface area (TPSA) is 55.3 Å². The molecule has 0 aliphatic heterocycles. The number of methoxy groups -OCH3 is 1. The Morgan fingerprint density at radius 1 is 0.970 bits per heavy atom. The predicted octanol–water partition coefficient (Wildman–Crippen LogP) is 6.32. The van der Waals surface area contributed by atoms with E-state index in [1.807, 2.05) is 61.5 Å². The van der Waals surface area contributed by atoms with E-state index in [2.05, 4.69) is 24.0 Å². The Bertz CT molecular complexity index is 1440. The molecule has 0 radical (unpaired) electrons. The first-order valence-electron chi connectivity index (χ1n) is 10.7. The third kappa shape index (κ3) is 3.94. The molecule has 0 bridgehead atoms. The third-order valence-corrected chi connectivity index (χ3v) is 6.97. The highest BCUT2D eigenvalue weighted by molar-refractivity contribution is 7.22. The minimum Gasteiger partial charge on any atom is -0.496 e. The lowest BCUT2D eigenvalue weighted by Gasteiger charge is -2.21. The Morgan fingerprint density at radius 3 is 2.39 bits per heavy atom. The van der Waals surface area contributed by atoms with Crippen LogP contribution in [0, 0.1) is 13.8 Å². The maximum absolute atomic E-state index is 14.0. The smallest absolute Gasteiger partial charge is 0.264 e. The molecule has 0 aliphatic rings. The van der Waals surface area contributed by atoms with Crippen molar-refractivity contribution in [1.29, 1.82) is 0 Å². The summed E-state index contributed by atoms with van der Waals surface area (Å²) in [7, 11) is 1.59. The number of nitrogens with zero attached hydrogens (tertiary/aromatic N) is 3. The summed E-state index contributed by atoms with van der Waals surface area (Å²) >= 11 is 1.53. The number of amides is 1. The normalized spacial score (nSPS) is 11.1. The lowest BCUT2D eigenvalue weighted by molar-refractivity contribution is 0.0982. The van der Waals surface area contributed by atoms with Crippen LogP contribution in [0.15, 0.2) is 72.9 Å². The number of carbonyl (C=O) groups is 1. The van der Waals surface area contributed by atoms with Gasteiger partial charge in [0.2, 0.25) is 0 Å². The highest BCUT2D eigenvalue weighted by Crippen LogP contribution is 2.36. The van der Waals surface area contributed by atoms with E-state index < -0.39 is 0 Å². The summed E-state index contributed by atoms with van der Waals surface area (Å²) in [6.07, 6.45) is 1.74. The van der Waals surface area contributed by atoms with Gasteiger partial charge in [0.05, 0.1) is 35.1 Å². The van der Waals surface area contributed by atoms with Gasteiger partial charge in [0.25, 0.3) is 5.91 Å². The zero-order chi connectivity index (χ0) is 22.9. The Labute approximate surface area is 196 Å². The van der Waals surface area contributed by atoms with Gasteiger partial charge in [-0.1, -0.05) is 53.8 Å². The summed E-state index contributed by atoms with van der Waals surface area (Å²) in [4.78, 5) is 25.1. The van der Waals surface area contributed by atoms with Crippen LogP contribution in [0.5, 0.6) is 5.75 Å². The molecular weight excluding hydrogens is 430 g/mol. The van der Waals surface area contributed by atoms with Crippen LogP contribution in [-0.4, -0.2) is 23.0 Å². The van der Waals surface area contributed by atoms with Gasteiger partial charge in [0.15, 0.2) is 5.13 Å². The van der Waals surface area contributed by atoms with Gasteiger partial charge in [-0.25, -0.2) is 4.98 Å². The second-order valence-corrected chi connectivity index (χ2v) is 8.96. The average Bonchev–Trinajstić information content (AvgIpc) is 3.31. The summed E-state index contributed by atoms with van der Waals surface area (Å²) < 4.78 is 6.72. The molecule has 0 saturated carbocycles. The Kier molecular flexibility index (Phi) is 5.52. The van der Waals surface area contributed by atoms with Gasteiger partial charge >= 0.3 is 0 Å². The van der Waals surface area contributed by atoms with Crippen LogP contribution >= 0.6 is 11.3 Å². The van der Waals surface area contributed by atoms with Crippen LogP contribution in [0.2, 0.25) is 0 Å². The molecule has 0 spiro atoms. The molecule has 0 fully saturated rings. The standard InChI is InChI=1S/C27H23N3O2S/c1-17-11-12-18(2)25-24(17)29-27(33-25)30(16-21-10-6-7-13-28-21)26(31)22-14-19-8-4-5-9-20(19)15-23(22)32-3/h4-15H,16H2,1-3H3. The van der Waals surface area contributed by atoms with E-state index in [1.165, 1.54) is 11.3 Å². The average molecular weight is 454 g/mol. The predicted molar refractivity (Wildman–Crippen MR) is 134 cm³/mol. The number of aromatic nitrogens is 2. The van der Waals surface area contributed by atoms with Crippen LogP contribution in [-0.2, 0) is 6.54 Å². The van der Waals surface area contributed by atoms with E-state index in [4.69, 9.17) is 9.72 Å². The summed E-state index contributed by atoms with van der Waals surface area (Å²) in [6, 6.07) is 21.6. The number of carbonyl (C=O) groups excluding carboxylic acids is 1. The number of hydrogen-bond donors (Lipinski definition) is 0. The lowest BCUT2D eigenvalue weighted by atomic mass is 10.0. The summed E-state index contributed by atoms with van der Waals surface area (Å²) in [5.41, 5.74) is 4.46. The highest BCUT2D eigenvalue weighted by atomic mass is 32.1. The molecule has 0 unspecified atom stereocenters. The van der Waals surface area contributed by atoms with E-state index in [0.29, 0.717) is 23.0 Å². The minimum atomic E-state index is -0.169. The summed E-state index contributed by atoms with van der Waals surface area (Å²) in [6.45, 7) is 4.43. The number of rotatable bonds is 5. The largest absolute Gasteiger partial charge is 0.496 e. The number of fused-ring (bicyclic) bond motifs is 2. The van der Waals surface area contributed by atoms with Crippen LogP contribution in [0.1, 0.15) is 27.2 Å². The molecule has 6 heteroatoms. The van der Waals surface area contributed by atoms with E-state index in [1.54, 1.807) is 18.2 Å². The first kappa shape index (κ1) is 21.1. The minimum absolute atomic E-state index is 0.169. The van der Waals surface area contributed by atoms with Crippen molar-refractivity contribution in [1.82, 2.24) is 9.97 Å². The zero-order valence-electron chi connectivity index (χ0n) is 18.7. The van der Waals surface area contributed by atoms with Crippen molar-refractivity contribution in [2.24, 2.45) is 0 Å². The van der Waals surface area contributed by atoms with Crippen molar-refractivity contribution in [3.8, 4) is 5.75 Å². The van der Waals surface area contributed by atoms with Gasteiger partial charge in [-0.15, -0.1) is 0 Å². The maximum atomic E-state index is 14.0. The summed E-state index contributed by atoms with van der Waals surface area (Å²) in [5, 5.41) is 2.65. The van der Waals surface area contributed by atoms with Gasteiger partial charge in [-0.05, 0) is 60.0 Å². The monoisotopic (exact) mass is 453 g/mol. The van der Waals surface area contributed by atoms with Crippen molar-refractivity contribution < 1.29 is 9.53 Å². The van der Waals surface area contributed by atoms with Crippen molar-refractivity contribution in [3.05, 3.63) is 95.3 Å². The fourth-order valence-electron chi connectivity index (χ4n) is 3.94. The van der Waals surface area contributed by atoms with Crippen molar-refractivity contribution in [2.75, 3.05) is 12.0 Å². The van der Waals surface area contributed by atoms with Crippen molar-refractivity contribution in [2.45, 2.75) is 20.4 Å². The van der Waals surface area contributed by atoms with Crippen LogP contribution in [0.3, 0.4) is 0 Å². The number of pyridine rings is 1. The van der Waals surface area contributed by atoms with Crippen molar-refractivity contribution in [3.63, 3.8) is 0 Å². The zero-order valence-corrected chi connectivity index (χ0v) is 19.5. The SMILES string of the molecule is COc1cc2ccccc2cc1C(=O)N(Cc1ccccn1)c1nc2c(C)ccc(C)c2s1. The third-order valence-electron chi connectivity index (χ3n) is 5.75. The number of aryl methyl sites for hydroxylation is 2. The fourth-order valence-corrected chi connectivity index (χ4v) is 5.05. The molecule has 5 aromatic rings. The van der Waals surface area contributed by atoms with E-state index in [0.717, 1.165) is 37.8 Å². The molecule has 164 valence electrons. The van der Waals surface area contributed by atoms with E-state index in [-0.39, 0.29) is 5.91 Å². The molecule has 0 saturated heterocycles. The Morgan fingerprint density at radius 2 is 1.70 bits per heavy atom. The molecule has 1 amide bonds. The molecular formula is C27H23N3O2S. The molecule has 5 nitrogen and oxygen atoms in total. The molecule has 33 heavy (non-hydrogen) atoms. The van der Waals surface area contributed by atoms with Gasteiger partial charge in [-0.2, -0.15) is 0 Å². The van der Waals surface area contributed by atoms with E-state index >= 15 is 0 Å². The number of thiazole rings is 1. The summed E-state index contributed by atoms with van der Waals surface area (Å²) in [5.74, 6) is 0.371. The molecule has 0 atom stereocenters. The lowest BCUT2D eigenvalue weighted by Crippen LogP contribution is -2.31. The number of anilines is 1. The quantitative estimate of drug-likeness (QED) is 0.313.